The van der Waals surface area contributed by atoms with Gasteiger partial charge in [0.1, 0.15) is 6.67 Å². The molecule has 2 aromatic rings. The molecule has 1 amide bonds. The van der Waals surface area contributed by atoms with Crippen LogP contribution in [0.2, 0.25) is 5.02 Å². The summed E-state index contributed by atoms with van der Waals surface area (Å²) < 4.78 is 12.6. The van der Waals surface area contributed by atoms with Crippen LogP contribution >= 0.6 is 23.2 Å². The fourth-order valence-electron chi connectivity index (χ4n) is 1.75. The molecule has 6 heteroatoms. The Kier molecular flexibility index (Phi) is 4.94. The minimum Gasteiger partial charge on any atom is -0.322 e. The monoisotopic (exact) mass is 325 g/mol. The van der Waals surface area contributed by atoms with Gasteiger partial charge in [0.05, 0.1) is 10.6 Å². The van der Waals surface area contributed by atoms with E-state index in [1.54, 1.807) is 18.2 Å². The van der Waals surface area contributed by atoms with Crippen LogP contribution in [0.1, 0.15) is 26.3 Å². The van der Waals surface area contributed by atoms with Crippen LogP contribution < -0.4 is 5.32 Å². The van der Waals surface area contributed by atoms with Crippen molar-refractivity contribution in [3.63, 3.8) is 0 Å². The largest absolute Gasteiger partial charge is 0.322 e. The first-order valence-electron chi connectivity index (χ1n) is 5.97. The molecule has 0 spiro atoms. The third-order valence-electron chi connectivity index (χ3n) is 2.78. The van der Waals surface area contributed by atoms with Crippen LogP contribution in [0.3, 0.4) is 0 Å². The molecule has 1 N–H and O–H groups in total. The number of amides is 1. The standard InChI is InChI=1S/C15H10Cl2FNO2/c16-13-7-11(4-5-12(13)14(17)20)19-15(21)10-3-1-2-9(6-10)8-18/h1-7H,8H2,(H,19,21). The summed E-state index contributed by atoms with van der Waals surface area (Å²) in [7, 11) is 0. The average molecular weight is 326 g/mol. The number of nitrogens with one attached hydrogen (secondary N) is 1. The number of anilines is 1. The molecule has 0 aliphatic heterocycles. The number of hydrogen-bond donors (Lipinski definition) is 1. The molecule has 0 unspecified atom stereocenters. The maximum absolute atomic E-state index is 12.6. The normalized spacial score (nSPS) is 10.2. The summed E-state index contributed by atoms with van der Waals surface area (Å²) in [5.41, 5.74) is 1.33. The maximum Gasteiger partial charge on any atom is 0.255 e. The van der Waals surface area contributed by atoms with Crippen LogP contribution in [0.25, 0.3) is 0 Å². The molecule has 0 aromatic heterocycles. The van der Waals surface area contributed by atoms with Crippen LogP contribution in [0.4, 0.5) is 10.1 Å². The molecule has 0 bridgehead atoms. The highest BCUT2D eigenvalue weighted by Crippen LogP contribution is 2.23. The highest BCUT2D eigenvalue weighted by atomic mass is 35.5. The van der Waals surface area contributed by atoms with E-state index in [0.29, 0.717) is 16.8 Å². The van der Waals surface area contributed by atoms with E-state index in [0.717, 1.165) is 0 Å². The summed E-state index contributed by atoms with van der Waals surface area (Å²) in [6, 6.07) is 10.6. The fourth-order valence-corrected chi connectivity index (χ4v) is 2.23. The lowest BCUT2D eigenvalue weighted by molar-refractivity contribution is 0.102. The Morgan fingerprint density at radius 2 is 1.90 bits per heavy atom. The van der Waals surface area contributed by atoms with Gasteiger partial charge in [-0.1, -0.05) is 23.7 Å². The maximum atomic E-state index is 12.6. The number of carbonyl (C=O) groups is 2. The van der Waals surface area contributed by atoms with Crippen molar-refractivity contribution in [2.45, 2.75) is 6.67 Å². The van der Waals surface area contributed by atoms with Crippen molar-refractivity contribution in [3.05, 3.63) is 64.2 Å². The second-order valence-corrected chi connectivity index (χ2v) is 5.01. The molecule has 0 saturated carbocycles. The molecule has 0 aliphatic rings. The van der Waals surface area contributed by atoms with E-state index in [-0.39, 0.29) is 10.6 Å². The van der Waals surface area contributed by atoms with Crippen molar-refractivity contribution in [2.75, 3.05) is 5.32 Å². The first-order chi connectivity index (χ1) is 10.0. The first kappa shape index (κ1) is 15.5. The topological polar surface area (TPSA) is 46.2 Å². The molecule has 3 nitrogen and oxygen atoms in total. The first-order valence-corrected chi connectivity index (χ1v) is 6.72. The lowest BCUT2D eigenvalue weighted by atomic mass is 10.1. The average Bonchev–Trinajstić information content (AvgIpc) is 2.47. The lowest BCUT2D eigenvalue weighted by Gasteiger charge is -2.07. The summed E-state index contributed by atoms with van der Waals surface area (Å²) in [5, 5.41) is 2.09. The second kappa shape index (κ2) is 6.70. The van der Waals surface area contributed by atoms with E-state index in [1.165, 1.54) is 24.3 Å². The van der Waals surface area contributed by atoms with E-state index in [1.807, 2.05) is 0 Å². The highest BCUT2D eigenvalue weighted by molar-refractivity contribution is 6.68. The Morgan fingerprint density at radius 3 is 2.52 bits per heavy atom. The Balaban J connectivity index is 2.19. The number of carbonyl (C=O) groups excluding carboxylic acids is 2. The van der Waals surface area contributed by atoms with Gasteiger partial charge in [0, 0.05) is 11.3 Å². The van der Waals surface area contributed by atoms with Crippen molar-refractivity contribution < 1.29 is 14.0 Å². The van der Waals surface area contributed by atoms with Gasteiger partial charge in [-0.05, 0) is 47.5 Å². The minimum absolute atomic E-state index is 0.144. The molecule has 0 fully saturated rings. The molecule has 2 rings (SSSR count). The van der Waals surface area contributed by atoms with Gasteiger partial charge < -0.3 is 5.32 Å². The molecule has 108 valence electrons. The molecule has 21 heavy (non-hydrogen) atoms. The number of hydrogen-bond acceptors (Lipinski definition) is 2. The predicted molar refractivity (Wildman–Crippen MR) is 80.8 cm³/mol. The van der Waals surface area contributed by atoms with Crippen LogP contribution in [-0.4, -0.2) is 11.1 Å². The quantitative estimate of drug-likeness (QED) is 0.844. The predicted octanol–water partition coefficient (Wildman–Crippen LogP) is 4.44. The Labute approximate surface area is 130 Å². The van der Waals surface area contributed by atoms with Crippen LogP contribution in [0, 0.1) is 0 Å². The van der Waals surface area contributed by atoms with E-state index >= 15 is 0 Å². The minimum atomic E-state index is -0.673. The smallest absolute Gasteiger partial charge is 0.255 e. The second-order valence-electron chi connectivity index (χ2n) is 4.26. The molecular weight excluding hydrogens is 316 g/mol. The number of halogens is 3. The van der Waals surface area contributed by atoms with E-state index in [4.69, 9.17) is 23.2 Å². The number of benzene rings is 2. The summed E-state index contributed by atoms with van der Waals surface area (Å²) >= 11 is 11.2. The molecule has 0 heterocycles. The Bertz CT molecular complexity index is 704. The summed E-state index contributed by atoms with van der Waals surface area (Å²) in [6.07, 6.45) is 0. The van der Waals surface area contributed by atoms with Crippen molar-refractivity contribution in [1.82, 2.24) is 0 Å². The zero-order valence-electron chi connectivity index (χ0n) is 10.7. The molecule has 2 aromatic carbocycles. The van der Waals surface area contributed by atoms with Crippen LogP contribution in [0.15, 0.2) is 42.5 Å². The SMILES string of the molecule is O=C(Nc1ccc(C(=O)Cl)c(Cl)c1)c1cccc(CF)c1. The Hall–Kier alpha value is -1.91. The van der Waals surface area contributed by atoms with Gasteiger partial charge in [-0.2, -0.15) is 0 Å². The van der Waals surface area contributed by atoms with Crippen LogP contribution in [0.5, 0.6) is 0 Å². The highest BCUT2D eigenvalue weighted by Gasteiger charge is 2.11. The van der Waals surface area contributed by atoms with Gasteiger partial charge in [0.15, 0.2) is 0 Å². The van der Waals surface area contributed by atoms with Gasteiger partial charge in [-0.3, -0.25) is 9.59 Å². The summed E-state index contributed by atoms with van der Waals surface area (Å²) in [5.74, 6) is -0.397. The van der Waals surface area contributed by atoms with Crippen molar-refractivity contribution >= 4 is 40.0 Å². The molecule has 0 aliphatic carbocycles. The zero-order valence-corrected chi connectivity index (χ0v) is 12.2. The number of rotatable bonds is 4. The summed E-state index contributed by atoms with van der Waals surface area (Å²) in [6.45, 7) is -0.639. The Morgan fingerprint density at radius 1 is 1.14 bits per heavy atom. The van der Waals surface area contributed by atoms with E-state index < -0.39 is 17.8 Å². The fraction of sp³-hybridized carbons (Fsp3) is 0.0667. The third-order valence-corrected chi connectivity index (χ3v) is 3.30. The van der Waals surface area contributed by atoms with Crippen molar-refractivity contribution in [3.8, 4) is 0 Å². The van der Waals surface area contributed by atoms with Crippen molar-refractivity contribution in [1.29, 1.82) is 0 Å². The van der Waals surface area contributed by atoms with Gasteiger partial charge in [-0.25, -0.2) is 4.39 Å². The van der Waals surface area contributed by atoms with Gasteiger partial charge >= 0.3 is 0 Å². The molecule has 0 saturated heterocycles. The van der Waals surface area contributed by atoms with E-state index in [9.17, 15) is 14.0 Å². The van der Waals surface area contributed by atoms with Crippen molar-refractivity contribution in [2.24, 2.45) is 0 Å². The number of alkyl halides is 1. The van der Waals surface area contributed by atoms with Crippen LogP contribution in [-0.2, 0) is 6.67 Å². The van der Waals surface area contributed by atoms with Gasteiger partial charge in [-0.15, -0.1) is 0 Å². The third kappa shape index (κ3) is 3.80. The van der Waals surface area contributed by atoms with Gasteiger partial charge in [0.25, 0.3) is 11.1 Å². The zero-order chi connectivity index (χ0) is 15.4. The molecule has 0 radical (unpaired) electrons. The molecular formula is C15H10Cl2FNO2. The van der Waals surface area contributed by atoms with E-state index in [2.05, 4.69) is 5.32 Å². The summed E-state index contributed by atoms with van der Waals surface area (Å²) in [4.78, 5) is 23.1. The molecule has 0 atom stereocenters. The lowest BCUT2D eigenvalue weighted by Crippen LogP contribution is -2.12. The van der Waals surface area contributed by atoms with Gasteiger partial charge in [0.2, 0.25) is 0 Å².